The molecule has 0 amide bonds. The van der Waals surface area contributed by atoms with E-state index in [1.165, 1.54) is 5.57 Å². The number of aromatic nitrogens is 4. The Labute approximate surface area is 321 Å². The summed E-state index contributed by atoms with van der Waals surface area (Å²) in [5.74, 6) is 2.56. The third-order valence-corrected chi connectivity index (χ3v) is 16.5. The van der Waals surface area contributed by atoms with Crippen LogP contribution in [0.25, 0.3) is 11.4 Å². The van der Waals surface area contributed by atoms with Crippen molar-refractivity contribution in [3.8, 4) is 17.1 Å². The van der Waals surface area contributed by atoms with E-state index in [1.54, 1.807) is 25.8 Å². The lowest BCUT2D eigenvalue weighted by molar-refractivity contribution is -0.241. The second kappa shape index (κ2) is 13.3. The largest absolute Gasteiger partial charge is 0.497 e. The predicted octanol–water partition coefficient (Wildman–Crippen LogP) is 8.50. The highest BCUT2D eigenvalue weighted by atomic mass is 16.5. The van der Waals surface area contributed by atoms with Crippen LogP contribution in [0.4, 0.5) is 0 Å². The number of esters is 1. The number of benzene rings is 1. The Hall–Kier alpha value is -3.56. The summed E-state index contributed by atoms with van der Waals surface area (Å²) < 4.78 is 20.3. The third kappa shape index (κ3) is 5.30. The number of pyridine rings is 1. The van der Waals surface area contributed by atoms with E-state index < -0.39 is 11.5 Å². The van der Waals surface area contributed by atoms with Crippen LogP contribution in [0.3, 0.4) is 0 Å². The molecule has 3 saturated carbocycles. The molecule has 11 atom stereocenters. The Morgan fingerprint density at radius 1 is 1.00 bits per heavy atom. The van der Waals surface area contributed by atoms with Crippen molar-refractivity contribution in [3.63, 3.8) is 0 Å². The van der Waals surface area contributed by atoms with Crippen molar-refractivity contribution in [2.45, 2.75) is 106 Å². The molecule has 0 spiro atoms. The molecule has 2 aromatic heterocycles. The fraction of sp³-hybridized carbons (Fsp3) is 0.644. The Kier molecular flexibility index (Phi) is 9.19. The molecule has 2 bridgehead atoms. The average molecular weight is 737 g/mol. The van der Waals surface area contributed by atoms with Crippen LogP contribution in [0.1, 0.15) is 98.6 Å². The molecule has 290 valence electrons. The quantitative estimate of drug-likeness (QED) is 0.181. The second-order valence-electron chi connectivity index (χ2n) is 18.9. The van der Waals surface area contributed by atoms with Crippen molar-refractivity contribution in [3.05, 3.63) is 72.3 Å². The van der Waals surface area contributed by atoms with Gasteiger partial charge in [-0.15, -0.1) is 0 Å². The van der Waals surface area contributed by atoms with Gasteiger partial charge < -0.3 is 19.3 Å². The van der Waals surface area contributed by atoms with Gasteiger partial charge in [0.25, 0.3) is 0 Å². The topological polar surface area (TPSA) is 109 Å². The maximum Gasteiger partial charge on any atom is 0.310 e. The first-order chi connectivity index (χ1) is 25.7. The van der Waals surface area contributed by atoms with Crippen LogP contribution >= 0.6 is 0 Å². The van der Waals surface area contributed by atoms with E-state index in [1.807, 2.05) is 41.1 Å². The molecule has 9 heteroatoms. The Morgan fingerprint density at radius 2 is 1.74 bits per heavy atom. The monoisotopic (exact) mass is 736 g/mol. The molecular weight excluding hydrogens is 677 g/mol. The summed E-state index contributed by atoms with van der Waals surface area (Å²) in [6.07, 6.45) is 12.7. The number of carbonyl (C=O) groups excluding carboxylic acids is 1. The Balaban J connectivity index is 1.19. The summed E-state index contributed by atoms with van der Waals surface area (Å²) >= 11 is 0. The van der Waals surface area contributed by atoms with E-state index >= 15 is 0 Å². The molecule has 3 heterocycles. The van der Waals surface area contributed by atoms with Gasteiger partial charge in [0.2, 0.25) is 0 Å². The molecule has 0 radical (unpaired) electrons. The lowest BCUT2D eigenvalue weighted by Crippen LogP contribution is -2.68. The van der Waals surface area contributed by atoms with Gasteiger partial charge in [-0.25, -0.2) is 9.67 Å². The lowest BCUT2D eigenvalue weighted by atomic mass is 9.34. The second-order valence-corrected chi connectivity index (χ2v) is 18.9. The number of ether oxygens (including phenoxy) is 3. The highest BCUT2D eigenvalue weighted by Gasteiger charge is 2.71. The van der Waals surface area contributed by atoms with Gasteiger partial charge in [0, 0.05) is 28.8 Å². The first kappa shape index (κ1) is 37.4. The van der Waals surface area contributed by atoms with Gasteiger partial charge in [0.1, 0.15) is 18.7 Å². The van der Waals surface area contributed by atoms with Gasteiger partial charge in [-0.05, 0) is 108 Å². The Bertz CT molecular complexity index is 1890. The fourth-order valence-corrected chi connectivity index (χ4v) is 13.0. The first-order valence-electron chi connectivity index (χ1n) is 20.3. The summed E-state index contributed by atoms with van der Waals surface area (Å²) in [5, 5.41) is 17.1. The van der Waals surface area contributed by atoms with Crippen LogP contribution in [0.2, 0.25) is 0 Å². The first-order valence-corrected chi connectivity index (χ1v) is 20.3. The Morgan fingerprint density at radius 3 is 2.44 bits per heavy atom. The summed E-state index contributed by atoms with van der Waals surface area (Å²) in [4.78, 5) is 23.8. The number of rotatable bonds is 8. The summed E-state index contributed by atoms with van der Waals surface area (Å²) in [6, 6.07) is 11.5. The standard InChI is InChI=1S/C45H60N4O5/c1-28(2)29(3)41(4)19-20-43(6)33-13-14-36-42(5)25-53-26-45(36,23-35(38(42)50)49-39(47-27-48-49)31-16-21-46-22-17-31)34(33)15-18-44(43,7)37(41)40(51)54-24-30-9-11-32(52-8)12-10-30/h9-12,15-17,21-22,27-29,33,35-38,50H,13-14,18-20,23-26H2,1-8H3/t29-,33+,35-,36+,37-,38+,41-,42?,43-,44+,45+/m1/s1. The zero-order chi connectivity index (χ0) is 38.3. The number of allylic oxidation sites excluding steroid dienone is 1. The van der Waals surface area contributed by atoms with Crippen LogP contribution in [0.15, 0.2) is 66.8 Å². The molecule has 54 heavy (non-hydrogen) atoms. The molecule has 4 fully saturated rings. The van der Waals surface area contributed by atoms with E-state index in [4.69, 9.17) is 24.3 Å². The zero-order valence-corrected chi connectivity index (χ0v) is 33.5. The fourth-order valence-electron chi connectivity index (χ4n) is 13.0. The predicted molar refractivity (Wildman–Crippen MR) is 207 cm³/mol. The number of carbonyl (C=O) groups is 1. The van der Waals surface area contributed by atoms with Crippen LogP contribution in [0.5, 0.6) is 5.75 Å². The van der Waals surface area contributed by atoms with Gasteiger partial charge in [-0.2, -0.15) is 5.10 Å². The minimum absolute atomic E-state index is 0.0674. The number of aliphatic hydroxyl groups excluding tert-OH is 1. The van der Waals surface area contributed by atoms with Crippen molar-refractivity contribution in [2.75, 3.05) is 20.3 Å². The van der Waals surface area contributed by atoms with Gasteiger partial charge in [0.05, 0.1) is 38.4 Å². The summed E-state index contributed by atoms with van der Waals surface area (Å²) in [6.45, 7) is 17.9. The van der Waals surface area contributed by atoms with Crippen LogP contribution in [0, 0.1) is 56.7 Å². The van der Waals surface area contributed by atoms with Gasteiger partial charge in [-0.3, -0.25) is 9.78 Å². The molecule has 1 aromatic carbocycles. The van der Waals surface area contributed by atoms with E-state index in [2.05, 4.69) is 59.5 Å². The maximum atomic E-state index is 14.9. The normalized spacial score (nSPS) is 39.1. The number of nitrogens with zero attached hydrogens (tertiary/aromatic N) is 4. The van der Waals surface area contributed by atoms with E-state index in [-0.39, 0.29) is 52.1 Å². The van der Waals surface area contributed by atoms with Gasteiger partial charge in [-0.1, -0.05) is 72.2 Å². The van der Waals surface area contributed by atoms with E-state index in [0.717, 1.165) is 61.2 Å². The molecule has 4 aliphatic carbocycles. The van der Waals surface area contributed by atoms with Crippen molar-refractivity contribution >= 4 is 5.97 Å². The zero-order valence-electron chi connectivity index (χ0n) is 33.5. The van der Waals surface area contributed by atoms with Crippen LogP contribution in [-0.4, -0.2) is 57.3 Å². The highest BCUT2D eigenvalue weighted by Crippen LogP contribution is 2.75. The third-order valence-electron chi connectivity index (χ3n) is 16.5. The molecule has 3 aromatic rings. The van der Waals surface area contributed by atoms with E-state index in [9.17, 15) is 9.90 Å². The number of aliphatic hydroxyl groups is 1. The molecule has 1 N–H and O–H groups in total. The number of hydrogen-bond acceptors (Lipinski definition) is 8. The average Bonchev–Trinajstić information content (AvgIpc) is 3.66. The smallest absolute Gasteiger partial charge is 0.310 e. The maximum absolute atomic E-state index is 14.9. The number of methoxy groups -OCH3 is 1. The van der Waals surface area contributed by atoms with Crippen molar-refractivity contribution < 1.29 is 24.1 Å². The van der Waals surface area contributed by atoms with E-state index in [0.29, 0.717) is 31.0 Å². The van der Waals surface area contributed by atoms with Crippen molar-refractivity contribution in [2.24, 2.45) is 56.7 Å². The number of hydrogen-bond donors (Lipinski definition) is 1. The van der Waals surface area contributed by atoms with Crippen LogP contribution in [-0.2, 0) is 20.9 Å². The summed E-state index contributed by atoms with van der Waals surface area (Å²) in [7, 11) is 1.66. The SMILES string of the molecule is COc1ccc(COC(=O)[C@@H]2[C@@](C)([C@H](C)C(C)C)CC[C@]3(C)[C@H]4CC[C@H]5C6(C)COC[C@@]5(C[C@@H](n5ncnc5-c5ccncc5)[C@@H]6O)C4=CC[C@@]23C)cc1. The molecule has 5 aliphatic rings. The molecule has 8 rings (SSSR count). The number of fused-ring (bicyclic) bond motifs is 3. The minimum Gasteiger partial charge on any atom is -0.497 e. The van der Waals surface area contributed by atoms with Crippen LogP contribution < -0.4 is 4.74 Å². The molecular formula is C45H60N4O5. The van der Waals surface area contributed by atoms with Crippen molar-refractivity contribution in [1.29, 1.82) is 0 Å². The molecule has 1 saturated heterocycles. The minimum atomic E-state index is -0.641. The summed E-state index contributed by atoms with van der Waals surface area (Å²) in [5.41, 5.74) is 2.04. The lowest BCUT2D eigenvalue weighted by Gasteiger charge is -2.71. The molecule has 1 unspecified atom stereocenters. The van der Waals surface area contributed by atoms with Gasteiger partial charge >= 0.3 is 5.97 Å². The van der Waals surface area contributed by atoms with Gasteiger partial charge in [0.15, 0.2) is 5.82 Å². The highest BCUT2D eigenvalue weighted by molar-refractivity contribution is 5.75. The molecule has 9 nitrogen and oxygen atoms in total. The molecule has 1 aliphatic heterocycles. The van der Waals surface area contributed by atoms with Crippen molar-refractivity contribution in [1.82, 2.24) is 19.7 Å².